The molecule has 0 spiro atoms. The average molecular weight is 295 g/mol. The summed E-state index contributed by atoms with van der Waals surface area (Å²) in [6, 6.07) is 10.3. The van der Waals surface area contributed by atoms with E-state index in [0.29, 0.717) is 11.4 Å². The van der Waals surface area contributed by atoms with E-state index in [2.05, 4.69) is 0 Å². The van der Waals surface area contributed by atoms with Crippen LogP contribution < -0.4 is 15.8 Å². The van der Waals surface area contributed by atoms with Crippen LogP contribution in [0, 0.1) is 5.82 Å². The number of hydrogen-bond donors (Lipinski definition) is 2. The van der Waals surface area contributed by atoms with E-state index in [4.69, 9.17) is 10.9 Å². The average Bonchev–Trinajstić information content (AvgIpc) is 2.37. The van der Waals surface area contributed by atoms with Gasteiger partial charge in [-0.2, -0.15) is 0 Å². The van der Waals surface area contributed by atoms with Crippen LogP contribution in [0.3, 0.4) is 0 Å². The second-order valence-electron chi connectivity index (χ2n) is 4.27. The van der Waals surface area contributed by atoms with Gasteiger partial charge in [0, 0.05) is 12.7 Å². The first-order chi connectivity index (χ1) is 9.30. The molecule has 0 heterocycles. The van der Waals surface area contributed by atoms with Crippen molar-refractivity contribution >= 4 is 27.1 Å². The number of nitrogen functional groups attached to an aromatic ring is 1. The van der Waals surface area contributed by atoms with Crippen LogP contribution in [0.15, 0.2) is 47.4 Å². The molecule has 0 aliphatic rings. The smallest absolute Gasteiger partial charge is 0.240 e. The van der Waals surface area contributed by atoms with Crippen molar-refractivity contribution in [1.82, 2.24) is 0 Å². The van der Waals surface area contributed by atoms with Gasteiger partial charge in [0.2, 0.25) is 10.0 Å². The number of sulfonamides is 1. The molecule has 2 aromatic rings. The van der Waals surface area contributed by atoms with Gasteiger partial charge in [0.05, 0.1) is 11.4 Å². The third kappa shape index (κ3) is 2.73. The summed E-state index contributed by atoms with van der Waals surface area (Å²) in [5.41, 5.74) is 7.07. The Kier molecular flexibility index (Phi) is 3.65. The number of benzene rings is 2. The summed E-state index contributed by atoms with van der Waals surface area (Å²) in [7, 11) is -2.19. The largest absolute Gasteiger partial charge is 0.396 e. The highest BCUT2D eigenvalue weighted by molar-refractivity contribution is 7.89. The first-order valence-corrected chi connectivity index (χ1v) is 7.26. The molecule has 0 bridgehead atoms. The van der Waals surface area contributed by atoms with E-state index in [-0.39, 0.29) is 16.4 Å². The molecule has 0 fully saturated rings. The molecule has 0 aliphatic carbocycles. The van der Waals surface area contributed by atoms with E-state index in [1.165, 1.54) is 18.2 Å². The lowest BCUT2D eigenvalue weighted by atomic mass is 10.2. The standard InChI is InChI=1S/C13H14FN3O2S/c1-17(10-7-5-9(14)6-8-10)11-3-2-4-12(13(11)15)20(16,18)19/h2-8H,15H2,1H3,(H2,16,18,19). The Morgan fingerprint density at radius 1 is 1.10 bits per heavy atom. The molecule has 0 amide bonds. The zero-order valence-electron chi connectivity index (χ0n) is 10.7. The van der Waals surface area contributed by atoms with Gasteiger partial charge in [-0.3, -0.25) is 0 Å². The number of para-hydroxylation sites is 1. The fourth-order valence-electron chi connectivity index (χ4n) is 1.88. The second-order valence-corrected chi connectivity index (χ2v) is 5.80. The predicted octanol–water partition coefficient (Wildman–Crippen LogP) is 1.82. The quantitative estimate of drug-likeness (QED) is 0.845. The van der Waals surface area contributed by atoms with E-state index < -0.39 is 10.0 Å². The van der Waals surface area contributed by atoms with Crippen LogP contribution in [0.4, 0.5) is 21.5 Å². The molecule has 20 heavy (non-hydrogen) atoms. The van der Waals surface area contributed by atoms with Gasteiger partial charge in [-0.1, -0.05) is 6.07 Å². The van der Waals surface area contributed by atoms with Crippen LogP contribution in [0.2, 0.25) is 0 Å². The van der Waals surface area contributed by atoms with Gasteiger partial charge in [-0.05, 0) is 36.4 Å². The fraction of sp³-hybridized carbons (Fsp3) is 0.0769. The lowest BCUT2D eigenvalue weighted by molar-refractivity contribution is 0.598. The van der Waals surface area contributed by atoms with E-state index in [0.717, 1.165) is 0 Å². The minimum Gasteiger partial charge on any atom is -0.396 e. The molecule has 4 N–H and O–H groups in total. The van der Waals surface area contributed by atoms with Gasteiger partial charge < -0.3 is 10.6 Å². The first-order valence-electron chi connectivity index (χ1n) is 5.71. The molecule has 0 radical (unpaired) electrons. The van der Waals surface area contributed by atoms with Crippen molar-refractivity contribution < 1.29 is 12.8 Å². The van der Waals surface area contributed by atoms with Gasteiger partial charge in [0.25, 0.3) is 0 Å². The molecular formula is C13H14FN3O2S. The highest BCUT2D eigenvalue weighted by Crippen LogP contribution is 2.32. The molecular weight excluding hydrogens is 281 g/mol. The Bertz CT molecular complexity index is 730. The van der Waals surface area contributed by atoms with Crippen LogP contribution in [0.25, 0.3) is 0 Å². The predicted molar refractivity (Wildman–Crippen MR) is 76.7 cm³/mol. The summed E-state index contributed by atoms with van der Waals surface area (Å²) in [6.45, 7) is 0. The minimum atomic E-state index is -3.89. The molecule has 0 saturated heterocycles. The third-order valence-corrected chi connectivity index (χ3v) is 3.89. The van der Waals surface area contributed by atoms with Crippen LogP contribution in [0.1, 0.15) is 0 Å². The number of nitrogens with two attached hydrogens (primary N) is 2. The van der Waals surface area contributed by atoms with Gasteiger partial charge in [-0.25, -0.2) is 17.9 Å². The summed E-state index contributed by atoms with van der Waals surface area (Å²) in [5, 5.41) is 5.11. The zero-order valence-corrected chi connectivity index (χ0v) is 11.6. The van der Waals surface area contributed by atoms with Crippen molar-refractivity contribution in [2.75, 3.05) is 17.7 Å². The lowest BCUT2D eigenvalue weighted by Crippen LogP contribution is -2.17. The van der Waals surface area contributed by atoms with Crippen molar-refractivity contribution in [3.05, 3.63) is 48.3 Å². The molecule has 0 aliphatic heterocycles. The minimum absolute atomic E-state index is 0.0572. The summed E-state index contributed by atoms with van der Waals surface area (Å²) in [5.74, 6) is -0.353. The number of hydrogen-bond acceptors (Lipinski definition) is 4. The zero-order chi connectivity index (χ0) is 14.9. The maximum absolute atomic E-state index is 12.9. The first kappa shape index (κ1) is 14.3. The summed E-state index contributed by atoms with van der Waals surface area (Å²) in [4.78, 5) is 1.52. The number of primary sulfonamides is 1. The Morgan fingerprint density at radius 3 is 2.25 bits per heavy atom. The van der Waals surface area contributed by atoms with E-state index >= 15 is 0 Å². The van der Waals surface area contributed by atoms with E-state index in [1.54, 1.807) is 36.2 Å². The van der Waals surface area contributed by atoms with Crippen molar-refractivity contribution in [3.63, 3.8) is 0 Å². The summed E-state index contributed by atoms with van der Waals surface area (Å²) >= 11 is 0. The lowest BCUT2D eigenvalue weighted by Gasteiger charge is -2.22. The van der Waals surface area contributed by atoms with Gasteiger partial charge in [0.1, 0.15) is 10.7 Å². The monoisotopic (exact) mass is 295 g/mol. The van der Waals surface area contributed by atoms with Crippen molar-refractivity contribution in [1.29, 1.82) is 0 Å². The van der Waals surface area contributed by atoms with E-state index in [9.17, 15) is 12.8 Å². The Balaban J connectivity index is 2.51. The summed E-state index contributed by atoms with van der Waals surface area (Å²) in [6.07, 6.45) is 0. The van der Waals surface area contributed by atoms with Gasteiger partial charge >= 0.3 is 0 Å². The molecule has 0 atom stereocenters. The van der Waals surface area contributed by atoms with Crippen LogP contribution in [0.5, 0.6) is 0 Å². The molecule has 7 heteroatoms. The number of anilines is 3. The van der Waals surface area contributed by atoms with Crippen molar-refractivity contribution in [3.8, 4) is 0 Å². The molecule has 5 nitrogen and oxygen atoms in total. The molecule has 2 rings (SSSR count). The molecule has 2 aromatic carbocycles. The third-order valence-electron chi connectivity index (χ3n) is 2.92. The van der Waals surface area contributed by atoms with Crippen LogP contribution >= 0.6 is 0 Å². The number of nitrogens with zero attached hydrogens (tertiary/aromatic N) is 1. The molecule has 106 valence electrons. The van der Waals surface area contributed by atoms with Crippen LogP contribution in [-0.2, 0) is 10.0 Å². The van der Waals surface area contributed by atoms with Crippen molar-refractivity contribution in [2.24, 2.45) is 5.14 Å². The van der Waals surface area contributed by atoms with Gasteiger partial charge in [-0.15, -0.1) is 0 Å². The SMILES string of the molecule is CN(c1ccc(F)cc1)c1cccc(S(N)(=O)=O)c1N. The molecule has 0 saturated carbocycles. The Hall–Kier alpha value is -2.12. The Morgan fingerprint density at radius 2 is 1.70 bits per heavy atom. The second kappa shape index (κ2) is 5.10. The number of rotatable bonds is 3. The molecule has 0 unspecified atom stereocenters. The van der Waals surface area contributed by atoms with E-state index in [1.807, 2.05) is 0 Å². The number of halogens is 1. The topological polar surface area (TPSA) is 89.4 Å². The molecule has 0 aromatic heterocycles. The maximum Gasteiger partial charge on any atom is 0.240 e. The Labute approximate surface area is 116 Å². The van der Waals surface area contributed by atoms with Gasteiger partial charge in [0.15, 0.2) is 0 Å². The summed E-state index contributed by atoms with van der Waals surface area (Å²) < 4.78 is 35.8. The van der Waals surface area contributed by atoms with Crippen molar-refractivity contribution in [2.45, 2.75) is 4.90 Å². The highest BCUT2D eigenvalue weighted by Gasteiger charge is 2.17. The normalized spacial score (nSPS) is 11.3. The fourth-order valence-corrected chi connectivity index (χ4v) is 2.56. The van der Waals surface area contributed by atoms with Crippen LogP contribution in [-0.4, -0.2) is 15.5 Å². The highest BCUT2D eigenvalue weighted by atomic mass is 32.2. The maximum atomic E-state index is 12.9.